The summed E-state index contributed by atoms with van der Waals surface area (Å²) in [4.78, 5) is 90.4. The maximum Gasteiger partial charge on any atom is 0.307 e. The van der Waals surface area contributed by atoms with E-state index in [1.165, 1.54) is 23.4 Å². The molecule has 0 aliphatic carbocycles. The van der Waals surface area contributed by atoms with E-state index >= 15 is 0 Å². The Balaban J connectivity index is 1.54. The van der Waals surface area contributed by atoms with Gasteiger partial charge >= 0.3 is 5.97 Å². The number of carboxylic acid groups (broad SMARTS) is 1. The van der Waals surface area contributed by atoms with Crippen molar-refractivity contribution in [3.8, 4) is 5.75 Å². The molecule has 2 heterocycles. The minimum Gasteiger partial charge on any atom is -0.508 e. The molecule has 1 aliphatic rings. The monoisotopic (exact) mass is 771 g/mol. The topological polar surface area (TPSA) is 213 Å². The molecule has 1 fully saturated rings. The lowest BCUT2D eigenvalue weighted by molar-refractivity contribution is -0.146. The fourth-order valence-electron chi connectivity index (χ4n) is 7.49. The predicted octanol–water partition coefficient (Wildman–Crippen LogP) is 4.60. The molecule has 0 bridgehead atoms. The summed E-state index contributed by atoms with van der Waals surface area (Å²) in [6, 6.07) is 12.9. The number of imidazole rings is 1. The van der Waals surface area contributed by atoms with Gasteiger partial charge in [0, 0.05) is 50.0 Å². The fraction of sp³-hybridized carbons (Fsp3) is 0.512. The third-order valence-electron chi connectivity index (χ3n) is 11.0. The van der Waals surface area contributed by atoms with Crippen LogP contribution in [0.25, 0.3) is 0 Å². The van der Waals surface area contributed by atoms with Crippen LogP contribution in [0.1, 0.15) is 89.0 Å². The Morgan fingerprint density at radius 1 is 0.893 bits per heavy atom. The summed E-state index contributed by atoms with van der Waals surface area (Å²) in [5, 5.41) is 22.7. The van der Waals surface area contributed by atoms with Crippen molar-refractivity contribution >= 4 is 35.1 Å². The molecule has 1 aromatic heterocycles. The average Bonchev–Trinajstić information content (AvgIpc) is 3.90. The molecule has 7 atom stereocenters. The van der Waals surface area contributed by atoms with Crippen molar-refractivity contribution in [2.75, 3.05) is 6.54 Å². The molecule has 56 heavy (non-hydrogen) atoms. The van der Waals surface area contributed by atoms with Gasteiger partial charge < -0.3 is 31.1 Å². The lowest BCUT2D eigenvalue weighted by atomic mass is 9.86. The zero-order chi connectivity index (χ0) is 40.8. The summed E-state index contributed by atoms with van der Waals surface area (Å²) >= 11 is 0. The number of carbonyl (C=O) groups excluding carboxylic acids is 5. The second kappa shape index (κ2) is 21.2. The van der Waals surface area contributed by atoms with Crippen molar-refractivity contribution in [3.05, 3.63) is 83.9 Å². The second-order valence-electron chi connectivity index (χ2n) is 15.2. The number of amides is 2. The number of nitrogens with one attached hydrogen (secondary N) is 2. The van der Waals surface area contributed by atoms with E-state index in [9.17, 15) is 39.0 Å². The van der Waals surface area contributed by atoms with Gasteiger partial charge in [0.25, 0.3) is 0 Å². The van der Waals surface area contributed by atoms with E-state index in [0.29, 0.717) is 37.8 Å². The Kier molecular flexibility index (Phi) is 16.5. The molecule has 13 heteroatoms. The number of aromatic hydroxyl groups is 1. The molecule has 13 nitrogen and oxygen atoms in total. The van der Waals surface area contributed by atoms with E-state index in [0.717, 1.165) is 11.1 Å². The normalized spacial score (nSPS) is 17.3. The molecule has 0 radical (unpaired) electrons. The number of phenols is 1. The number of aliphatic carboxylic acids is 1. The van der Waals surface area contributed by atoms with Gasteiger partial charge in [-0.2, -0.15) is 0 Å². The number of aromatic nitrogens is 2. The number of Topliss-reactive ketones (excluding diaryl/α,β-unsaturated/α-hetero) is 3. The number of hydrogen-bond donors (Lipinski definition) is 5. The number of H-pyrrole nitrogens is 1. The van der Waals surface area contributed by atoms with Crippen LogP contribution in [-0.4, -0.2) is 84.9 Å². The molecule has 1 unspecified atom stereocenters. The number of benzene rings is 2. The molecule has 2 amide bonds. The molecule has 1 saturated heterocycles. The zero-order valence-electron chi connectivity index (χ0n) is 32.7. The highest BCUT2D eigenvalue weighted by Crippen LogP contribution is 2.28. The summed E-state index contributed by atoms with van der Waals surface area (Å²) in [7, 11) is 0. The summed E-state index contributed by atoms with van der Waals surface area (Å²) in [5.74, 6) is -5.88. The van der Waals surface area contributed by atoms with E-state index < -0.39 is 53.7 Å². The molecular weight excluding hydrogens is 714 g/mol. The van der Waals surface area contributed by atoms with Crippen molar-refractivity contribution in [3.63, 3.8) is 0 Å². The Morgan fingerprint density at radius 2 is 1.55 bits per heavy atom. The second-order valence-corrected chi connectivity index (χ2v) is 15.2. The van der Waals surface area contributed by atoms with Crippen LogP contribution in [0.5, 0.6) is 5.75 Å². The number of ketones is 3. The first-order valence-electron chi connectivity index (χ1n) is 19.8. The molecule has 2 aromatic carbocycles. The third-order valence-corrected chi connectivity index (χ3v) is 11.0. The molecule has 1 aliphatic heterocycles. The maximum atomic E-state index is 14.4. The lowest BCUT2D eigenvalue weighted by Gasteiger charge is -2.30. The number of likely N-dealkylation sites (tertiary alicyclic amines) is 1. The molecule has 0 spiro atoms. The van der Waals surface area contributed by atoms with Crippen LogP contribution in [0.4, 0.5) is 0 Å². The number of aromatic amines is 1. The summed E-state index contributed by atoms with van der Waals surface area (Å²) < 4.78 is 0. The molecule has 6 N–H and O–H groups in total. The van der Waals surface area contributed by atoms with Gasteiger partial charge in [-0.05, 0) is 61.3 Å². The van der Waals surface area contributed by atoms with E-state index in [4.69, 9.17) is 5.73 Å². The van der Waals surface area contributed by atoms with Crippen molar-refractivity contribution in [1.82, 2.24) is 20.2 Å². The molecule has 302 valence electrons. The first kappa shape index (κ1) is 43.6. The number of nitrogens with two attached hydrogens (primary N) is 1. The molecule has 4 rings (SSSR count). The lowest BCUT2D eigenvalue weighted by Crippen LogP contribution is -2.50. The minimum absolute atomic E-state index is 0.0644. The summed E-state index contributed by atoms with van der Waals surface area (Å²) in [6.07, 6.45) is 5.59. The number of phenolic OH excluding ortho intramolecular Hbond substituents is 1. The van der Waals surface area contributed by atoms with Gasteiger partial charge in [-0.1, -0.05) is 76.1 Å². The first-order valence-corrected chi connectivity index (χ1v) is 19.8. The number of nitrogens with zero attached hydrogens (tertiary/aromatic N) is 2. The van der Waals surface area contributed by atoms with Gasteiger partial charge in [0.1, 0.15) is 11.5 Å². The van der Waals surface area contributed by atoms with Gasteiger partial charge in [-0.15, -0.1) is 0 Å². The maximum absolute atomic E-state index is 14.4. The predicted molar refractivity (Wildman–Crippen MR) is 210 cm³/mol. The number of carboxylic acids is 1. The van der Waals surface area contributed by atoms with Crippen molar-refractivity contribution < 1.29 is 39.0 Å². The quantitative estimate of drug-likeness (QED) is 0.0904. The minimum atomic E-state index is -1.09. The largest absolute Gasteiger partial charge is 0.508 e. The van der Waals surface area contributed by atoms with Crippen molar-refractivity contribution in [1.29, 1.82) is 0 Å². The van der Waals surface area contributed by atoms with Crippen LogP contribution in [0.2, 0.25) is 0 Å². The van der Waals surface area contributed by atoms with Gasteiger partial charge in [0.2, 0.25) is 11.8 Å². The summed E-state index contributed by atoms with van der Waals surface area (Å²) in [6.45, 7) is 5.95. The average molecular weight is 772 g/mol. The smallest absolute Gasteiger partial charge is 0.307 e. The van der Waals surface area contributed by atoms with Crippen LogP contribution < -0.4 is 11.1 Å². The van der Waals surface area contributed by atoms with E-state index in [2.05, 4.69) is 15.3 Å². The van der Waals surface area contributed by atoms with Crippen molar-refractivity contribution in [2.45, 2.75) is 110 Å². The Labute approximate surface area is 328 Å². The van der Waals surface area contributed by atoms with Crippen LogP contribution in [-0.2, 0) is 48.0 Å². The Hall–Kier alpha value is -5.17. The van der Waals surface area contributed by atoms with Crippen LogP contribution in [0.15, 0.2) is 67.1 Å². The highest BCUT2D eigenvalue weighted by Gasteiger charge is 2.40. The van der Waals surface area contributed by atoms with Gasteiger partial charge in [0.05, 0.1) is 36.3 Å². The Morgan fingerprint density at radius 3 is 2.18 bits per heavy atom. The zero-order valence-corrected chi connectivity index (χ0v) is 32.7. The van der Waals surface area contributed by atoms with Crippen molar-refractivity contribution in [2.24, 2.45) is 29.4 Å². The molecular formula is C43H57N5O8. The Bertz CT molecular complexity index is 1760. The van der Waals surface area contributed by atoms with E-state index in [1.807, 2.05) is 51.1 Å². The first-order chi connectivity index (χ1) is 26.8. The SMILES string of the molecule is CCC[C@H](N)C(=O)C[C@@H](Cc1ccc(O)cc1)C(=O)N[C@H](C(=O)C[C@@H](Cc1cnc[nH]1)C(=O)N1CCC[C@H]1C(=O)C[C@@H](Cc1ccccc1)C(=O)O)C(C)CC. The summed E-state index contributed by atoms with van der Waals surface area (Å²) in [5.41, 5.74) is 8.28. The number of hydrogen-bond acceptors (Lipinski definition) is 9. The third kappa shape index (κ3) is 12.4. The molecule has 0 saturated carbocycles. The van der Waals surface area contributed by atoms with E-state index in [-0.39, 0.29) is 74.1 Å². The van der Waals surface area contributed by atoms with Gasteiger partial charge in [-0.25, -0.2) is 4.98 Å². The highest BCUT2D eigenvalue weighted by molar-refractivity contribution is 5.96. The van der Waals surface area contributed by atoms with Gasteiger partial charge in [0.15, 0.2) is 11.6 Å². The van der Waals surface area contributed by atoms with Crippen LogP contribution in [0, 0.1) is 23.7 Å². The van der Waals surface area contributed by atoms with Crippen LogP contribution in [0.3, 0.4) is 0 Å². The highest BCUT2D eigenvalue weighted by atomic mass is 16.4. The molecule has 3 aromatic rings. The standard InChI is InChI=1S/C43H57N5O8/c1-4-10-35(44)37(50)22-30(19-29-14-16-34(49)17-15-29)41(53)47-40(27(3)5-2)39(52)23-31(21-33-25-45-26-46-33)42(54)48-18-9-13-36(48)38(51)24-32(43(55)56)20-28-11-7-6-8-12-28/h6-8,11-12,14-17,25-27,30-32,35-36,40,49H,4-5,9-10,13,18-24,44H2,1-3H3,(H,45,46)(H,47,53)(H,55,56)/t27?,30-,31-,32-,35+,36+,40+/m1/s1. The van der Waals surface area contributed by atoms with Crippen LogP contribution >= 0.6 is 0 Å². The number of carbonyl (C=O) groups is 6. The number of rotatable bonds is 23. The van der Waals surface area contributed by atoms with Gasteiger partial charge in [-0.3, -0.25) is 28.8 Å². The van der Waals surface area contributed by atoms with E-state index in [1.54, 1.807) is 18.3 Å². The fourth-order valence-corrected chi connectivity index (χ4v) is 7.49.